The number of hydrogen-bond acceptors (Lipinski definition) is 8. The zero-order valence-corrected chi connectivity index (χ0v) is 14.9. The van der Waals surface area contributed by atoms with Gasteiger partial charge in [0, 0.05) is 5.70 Å². The van der Waals surface area contributed by atoms with Crippen molar-refractivity contribution in [3.8, 4) is 11.5 Å². The van der Waals surface area contributed by atoms with Crippen molar-refractivity contribution in [3.63, 3.8) is 0 Å². The summed E-state index contributed by atoms with van der Waals surface area (Å²) in [5.41, 5.74) is 1.72. The summed E-state index contributed by atoms with van der Waals surface area (Å²) in [5, 5.41) is 24.5. The van der Waals surface area contributed by atoms with E-state index in [2.05, 4.69) is 20.8 Å². The van der Waals surface area contributed by atoms with Crippen molar-refractivity contribution < 1.29 is 19.4 Å². The van der Waals surface area contributed by atoms with Crippen LogP contribution < -0.4 is 10.1 Å². The lowest BCUT2D eigenvalue weighted by Gasteiger charge is -2.27. The number of allylic oxidation sites excluding steroid dienone is 1. The molecule has 0 aliphatic carbocycles. The number of tetrazole rings is 1. The van der Waals surface area contributed by atoms with Crippen LogP contribution in [0.4, 0.5) is 5.95 Å². The van der Waals surface area contributed by atoms with E-state index in [-0.39, 0.29) is 5.75 Å². The molecule has 3 rings (SSSR count). The molecule has 1 unspecified atom stereocenters. The van der Waals surface area contributed by atoms with Crippen molar-refractivity contribution in [1.29, 1.82) is 0 Å². The van der Waals surface area contributed by atoms with E-state index in [1.54, 1.807) is 19.1 Å². The van der Waals surface area contributed by atoms with Gasteiger partial charge in [-0.2, -0.15) is 4.68 Å². The molecule has 2 heterocycles. The fourth-order valence-corrected chi connectivity index (χ4v) is 2.84. The molecule has 0 radical (unpaired) electrons. The number of hydrogen-bond donors (Lipinski definition) is 2. The molecule has 26 heavy (non-hydrogen) atoms. The normalized spacial score (nSPS) is 16.0. The minimum absolute atomic E-state index is 0.00916. The topological polar surface area (TPSA) is 111 Å². The maximum absolute atomic E-state index is 12.7. The van der Waals surface area contributed by atoms with Gasteiger partial charge in [-0.1, -0.05) is 24.5 Å². The number of methoxy groups -OCH3 is 1. The van der Waals surface area contributed by atoms with Crippen molar-refractivity contribution in [1.82, 2.24) is 20.2 Å². The first-order chi connectivity index (χ1) is 12.6. The van der Waals surface area contributed by atoms with Gasteiger partial charge in [-0.15, -0.1) is 0 Å². The first kappa shape index (κ1) is 17.7. The molecule has 0 bridgehead atoms. The number of anilines is 1. The molecular formula is C17H21N5O4. The number of ether oxygens (including phenoxy) is 2. The van der Waals surface area contributed by atoms with Crippen LogP contribution in [-0.2, 0) is 9.53 Å². The summed E-state index contributed by atoms with van der Waals surface area (Å²) in [6.45, 7) is 4.15. The number of carbonyl (C=O) groups excluding carboxylic acids is 1. The van der Waals surface area contributed by atoms with Gasteiger partial charge >= 0.3 is 5.97 Å². The highest BCUT2D eigenvalue weighted by Gasteiger charge is 2.35. The van der Waals surface area contributed by atoms with E-state index in [0.29, 0.717) is 35.1 Å². The van der Waals surface area contributed by atoms with Crippen LogP contribution >= 0.6 is 0 Å². The third kappa shape index (κ3) is 3.19. The number of phenols is 1. The monoisotopic (exact) mass is 359 g/mol. The molecule has 1 aromatic carbocycles. The molecule has 9 nitrogen and oxygen atoms in total. The molecule has 138 valence electrons. The van der Waals surface area contributed by atoms with Crippen LogP contribution in [0.3, 0.4) is 0 Å². The van der Waals surface area contributed by atoms with Crippen molar-refractivity contribution in [2.75, 3.05) is 19.0 Å². The minimum Gasteiger partial charge on any atom is -0.504 e. The Labute approximate surface area is 150 Å². The Balaban J connectivity index is 2.04. The summed E-state index contributed by atoms with van der Waals surface area (Å²) in [4.78, 5) is 12.7. The molecule has 2 aromatic rings. The largest absolute Gasteiger partial charge is 0.504 e. The summed E-state index contributed by atoms with van der Waals surface area (Å²) in [6, 6.07) is 4.27. The summed E-state index contributed by atoms with van der Waals surface area (Å²) in [5.74, 6) is 0.299. The molecule has 0 saturated heterocycles. The second kappa shape index (κ2) is 7.42. The number of phenolic OH excluding ortho intramolecular Hbond substituents is 1. The minimum atomic E-state index is -0.593. The number of fused-ring (bicyclic) bond motifs is 1. The number of unbranched alkanes of at least 4 members (excludes halogenated alkanes) is 1. The summed E-state index contributed by atoms with van der Waals surface area (Å²) in [6.07, 6.45) is 1.72. The quantitative estimate of drug-likeness (QED) is 0.595. The molecule has 0 spiro atoms. The molecule has 0 amide bonds. The molecule has 9 heteroatoms. The average Bonchev–Trinajstić information content (AvgIpc) is 3.09. The lowest BCUT2D eigenvalue weighted by molar-refractivity contribution is -0.139. The van der Waals surface area contributed by atoms with E-state index in [9.17, 15) is 9.90 Å². The fourth-order valence-electron chi connectivity index (χ4n) is 2.84. The Morgan fingerprint density at radius 1 is 1.42 bits per heavy atom. The summed E-state index contributed by atoms with van der Waals surface area (Å²) >= 11 is 0. The van der Waals surface area contributed by atoms with Gasteiger partial charge in [0.05, 0.1) is 19.3 Å². The van der Waals surface area contributed by atoms with Gasteiger partial charge in [0.15, 0.2) is 11.5 Å². The van der Waals surface area contributed by atoms with E-state index in [4.69, 9.17) is 9.47 Å². The van der Waals surface area contributed by atoms with Gasteiger partial charge in [-0.05, 0) is 41.5 Å². The Morgan fingerprint density at radius 2 is 2.23 bits per heavy atom. The number of nitrogens with zero attached hydrogens (tertiary/aromatic N) is 4. The number of nitrogens with one attached hydrogen (secondary N) is 1. The SMILES string of the molecule is CCCCOC(=O)C1=C(C)Nc2nnnn2C1c1ccc(O)c(OC)c1. The van der Waals surface area contributed by atoms with Crippen LogP contribution in [0.25, 0.3) is 0 Å². The standard InChI is InChI=1S/C17H21N5O4/c1-4-5-8-26-16(24)14-10(2)18-17-19-20-21-22(17)15(14)11-6-7-12(23)13(9-11)25-3/h6-7,9,15,23H,4-5,8H2,1-3H3,(H,18,19,21). The highest BCUT2D eigenvalue weighted by molar-refractivity contribution is 5.92. The second-order valence-electron chi connectivity index (χ2n) is 5.93. The van der Waals surface area contributed by atoms with Gasteiger partial charge in [-0.25, -0.2) is 4.79 Å². The lowest BCUT2D eigenvalue weighted by Crippen LogP contribution is -2.29. The van der Waals surface area contributed by atoms with E-state index in [1.807, 2.05) is 6.92 Å². The predicted molar refractivity (Wildman–Crippen MR) is 92.8 cm³/mol. The highest BCUT2D eigenvalue weighted by Crippen LogP contribution is 2.38. The average molecular weight is 359 g/mol. The van der Waals surface area contributed by atoms with Gasteiger partial charge < -0.3 is 19.9 Å². The first-order valence-corrected chi connectivity index (χ1v) is 8.36. The van der Waals surface area contributed by atoms with Gasteiger partial charge in [-0.3, -0.25) is 0 Å². The zero-order valence-electron chi connectivity index (χ0n) is 14.9. The Kier molecular flexibility index (Phi) is 5.06. The van der Waals surface area contributed by atoms with Crippen LogP contribution in [0.1, 0.15) is 38.3 Å². The molecule has 1 atom stereocenters. The van der Waals surface area contributed by atoms with Crippen LogP contribution in [0.5, 0.6) is 11.5 Å². The predicted octanol–water partition coefficient (Wildman–Crippen LogP) is 2.02. The highest BCUT2D eigenvalue weighted by atomic mass is 16.5. The third-order valence-electron chi connectivity index (χ3n) is 4.18. The van der Waals surface area contributed by atoms with Gasteiger partial charge in [0.25, 0.3) is 0 Å². The molecule has 1 aliphatic rings. The number of rotatable bonds is 6. The van der Waals surface area contributed by atoms with Crippen molar-refractivity contribution in [3.05, 3.63) is 35.0 Å². The third-order valence-corrected chi connectivity index (χ3v) is 4.18. The van der Waals surface area contributed by atoms with Crippen LogP contribution in [-0.4, -0.2) is 45.0 Å². The maximum atomic E-state index is 12.7. The maximum Gasteiger partial charge on any atom is 0.338 e. The van der Waals surface area contributed by atoms with Crippen LogP contribution in [0.15, 0.2) is 29.5 Å². The van der Waals surface area contributed by atoms with Crippen LogP contribution in [0, 0.1) is 0 Å². The summed E-state index contributed by atoms with van der Waals surface area (Å²) < 4.78 is 12.1. The number of benzene rings is 1. The Morgan fingerprint density at radius 3 is 2.96 bits per heavy atom. The zero-order chi connectivity index (χ0) is 18.7. The first-order valence-electron chi connectivity index (χ1n) is 8.36. The van der Waals surface area contributed by atoms with Gasteiger partial charge in [0.1, 0.15) is 6.04 Å². The smallest absolute Gasteiger partial charge is 0.338 e. The number of aromatic hydroxyl groups is 1. The molecular weight excluding hydrogens is 338 g/mol. The molecule has 0 fully saturated rings. The van der Waals surface area contributed by atoms with E-state index in [1.165, 1.54) is 17.9 Å². The van der Waals surface area contributed by atoms with Crippen molar-refractivity contribution in [2.24, 2.45) is 0 Å². The number of aromatic nitrogens is 4. The van der Waals surface area contributed by atoms with E-state index >= 15 is 0 Å². The lowest BCUT2D eigenvalue weighted by atomic mass is 9.95. The van der Waals surface area contributed by atoms with Crippen molar-refractivity contribution in [2.45, 2.75) is 32.7 Å². The second-order valence-corrected chi connectivity index (χ2v) is 5.93. The van der Waals surface area contributed by atoms with Gasteiger partial charge in [0.2, 0.25) is 5.95 Å². The van der Waals surface area contributed by atoms with E-state index < -0.39 is 12.0 Å². The van der Waals surface area contributed by atoms with Crippen molar-refractivity contribution >= 4 is 11.9 Å². The Hall–Kier alpha value is -3.10. The van der Waals surface area contributed by atoms with E-state index in [0.717, 1.165) is 12.8 Å². The number of carbonyl (C=O) groups is 1. The Bertz CT molecular complexity index is 845. The number of esters is 1. The van der Waals surface area contributed by atoms with Crippen LogP contribution in [0.2, 0.25) is 0 Å². The summed E-state index contributed by atoms with van der Waals surface area (Å²) in [7, 11) is 1.46. The molecule has 1 aliphatic heterocycles. The molecule has 0 saturated carbocycles. The molecule has 1 aromatic heterocycles. The molecule has 2 N–H and O–H groups in total. The fraction of sp³-hybridized carbons (Fsp3) is 0.412.